The van der Waals surface area contributed by atoms with E-state index in [1.165, 1.54) is 0 Å². The van der Waals surface area contributed by atoms with E-state index in [4.69, 9.17) is 10.5 Å². The largest absolute Gasteiger partial charge is 0.461 e. The van der Waals surface area contributed by atoms with Gasteiger partial charge in [0.25, 0.3) is 0 Å². The molecule has 1 fully saturated rings. The van der Waals surface area contributed by atoms with Gasteiger partial charge in [0.05, 0.1) is 5.92 Å². The maximum atomic E-state index is 11.8. The molecule has 1 saturated carbocycles. The van der Waals surface area contributed by atoms with Crippen LogP contribution in [0.3, 0.4) is 0 Å². The highest BCUT2D eigenvalue weighted by molar-refractivity contribution is 5.72. The van der Waals surface area contributed by atoms with Gasteiger partial charge in [-0.1, -0.05) is 36.8 Å². The van der Waals surface area contributed by atoms with Gasteiger partial charge in [0, 0.05) is 6.04 Å². The summed E-state index contributed by atoms with van der Waals surface area (Å²) < 4.78 is 5.32. The Balaban J connectivity index is 1.81. The fourth-order valence-electron chi connectivity index (χ4n) is 2.29. The Kier molecular flexibility index (Phi) is 4.15. The lowest BCUT2D eigenvalue weighted by Crippen LogP contribution is -2.32. The SMILES string of the molecule is NC1CCCC(C(=O)OCc2ccccc2)C1. The molecule has 0 bridgehead atoms. The van der Waals surface area contributed by atoms with Crippen LogP contribution < -0.4 is 5.73 Å². The second-order valence-corrected chi connectivity index (χ2v) is 4.72. The van der Waals surface area contributed by atoms with Gasteiger partial charge >= 0.3 is 5.97 Å². The van der Waals surface area contributed by atoms with Crippen molar-refractivity contribution in [3.63, 3.8) is 0 Å². The molecular weight excluding hydrogens is 214 g/mol. The van der Waals surface area contributed by atoms with Crippen LogP contribution in [0.2, 0.25) is 0 Å². The lowest BCUT2D eigenvalue weighted by atomic mass is 9.86. The number of benzene rings is 1. The molecular formula is C14H19NO2. The van der Waals surface area contributed by atoms with E-state index in [9.17, 15) is 4.79 Å². The molecule has 1 aromatic carbocycles. The minimum atomic E-state index is -0.0935. The zero-order chi connectivity index (χ0) is 12.1. The molecule has 0 spiro atoms. The average Bonchev–Trinajstić information content (AvgIpc) is 2.37. The number of hydrogen-bond donors (Lipinski definition) is 1. The molecule has 0 aromatic heterocycles. The Labute approximate surface area is 102 Å². The Morgan fingerprint density at radius 1 is 1.29 bits per heavy atom. The molecule has 2 atom stereocenters. The molecule has 3 heteroatoms. The smallest absolute Gasteiger partial charge is 0.309 e. The number of rotatable bonds is 3. The van der Waals surface area contributed by atoms with Crippen molar-refractivity contribution in [3.8, 4) is 0 Å². The van der Waals surface area contributed by atoms with Crippen LogP contribution in [0.4, 0.5) is 0 Å². The van der Waals surface area contributed by atoms with E-state index in [1.807, 2.05) is 30.3 Å². The predicted octanol–water partition coefficient (Wildman–Crippen LogP) is 2.25. The van der Waals surface area contributed by atoms with Crippen molar-refractivity contribution in [2.45, 2.75) is 38.3 Å². The third kappa shape index (κ3) is 3.56. The molecule has 0 amide bonds. The van der Waals surface area contributed by atoms with Crippen LogP contribution in [0.1, 0.15) is 31.2 Å². The third-order valence-corrected chi connectivity index (χ3v) is 3.27. The maximum absolute atomic E-state index is 11.8. The number of carbonyl (C=O) groups is 1. The highest BCUT2D eigenvalue weighted by Gasteiger charge is 2.26. The van der Waals surface area contributed by atoms with Crippen molar-refractivity contribution in [2.75, 3.05) is 0 Å². The molecule has 0 heterocycles. The number of carbonyl (C=O) groups excluding carboxylic acids is 1. The van der Waals surface area contributed by atoms with E-state index in [-0.39, 0.29) is 17.9 Å². The van der Waals surface area contributed by atoms with Gasteiger partial charge in [0.1, 0.15) is 6.61 Å². The lowest BCUT2D eigenvalue weighted by Gasteiger charge is -2.24. The second kappa shape index (κ2) is 5.82. The number of esters is 1. The molecule has 0 saturated heterocycles. The van der Waals surface area contributed by atoms with Gasteiger partial charge in [-0.3, -0.25) is 4.79 Å². The van der Waals surface area contributed by atoms with Crippen molar-refractivity contribution in [3.05, 3.63) is 35.9 Å². The fraction of sp³-hybridized carbons (Fsp3) is 0.500. The minimum absolute atomic E-state index is 0.00228. The van der Waals surface area contributed by atoms with Gasteiger partial charge in [-0.2, -0.15) is 0 Å². The van der Waals surface area contributed by atoms with Gasteiger partial charge in [-0.05, 0) is 24.8 Å². The molecule has 2 rings (SSSR count). The minimum Gasteiger partial charge on any atom is -0.461 e. The summed E-state index contributed by atoms with van der Waals surface area (Å²) in [5.74, 6) is -0.0912. The van der Waals surface area contributed by atoms with Crippen LogP contribution in [-0.2, 0) is 16.1 Å². The fourth-order valence-corrected chi connectivity index (χ4v) is 2.29. The first-order chi connectivity index (χ1) is 8.25. The molecule has 0 aliphatic heterocycles. The Hall–Kier alpha value is -1.35. The number of ether oxygens (including phenoxy) is 1. The highest BCUT2D eigenvalue weighted by atomic mass is 16.5. The van der Waals surface area contributed by atoms with Crippen molar-refractivity contribution in [1.82, 2.24) is 0 Å². The van der Waals surface area contributed by atoms with E-state index < -0.39 is 0 Å². The Bertz CT molecular complexity index is 364. The lowest BCUT2D eigenvalue weighted by molar-refractivity contribution is -0.151. The second-order valence-electron chi connectivity index (χ2n) is 4.72. The molecule has 2 N–H and O–H groups in total. The molecule has 1 aliphatic rings. The summed E-state index contributed by atoms with van der Waals surface area (Å²) in [6, 6.07) is 9.92. The topological polar surface area (TPSA) is 52.3 Å². The first-order valence-corrected chi connectivity index (χ1v) is 6.22. The predicted molar refractivity (Wildman–Crippen MR) is 66.2 cm³/mol. The monoisotopic (exact) mass is 233 g/mol. The summed E-state index contributed by atoms with van der Waals surface area (Å²) in [6.45, 7) is 0.366. The standard InChI is InChI=1S/C14H19NO2/c15-13-8-4-7-12(9-13)14(16)17-10-11-5-2-1-3-6-11/h1-3,5-6,12-13H,4,7-10,15H2. The molecule has 2 unspecified atom stereocenters. The Morgan fingerprint density at radius 2 is 2.06 bits per heavy atom. The van der Waals surface area contributed by atoms with Gasteiger partial charge in [-0.25, -0.2) is 0 Å². The van der Waals surface area contributed by atoms with Crippen molar-refractivity contribution in [2.24, 2.45) is 11.7 Å². The van der Waals surface area contributed by atoms with Crippen LogP contribution in [0.5, 0.6) is 0 Å². The first kappa shape index (κ1) is 12.1. The van der Waals surface area contributed by atoms with Crippen LogP contribution >= 0.6 is 0 Å². The van der Waals surface area contributed by atoms with Crippen LogP contribution in [0.15, 0.2) is 30.3 Å². The van der Waals surface area contributed by atoms with Gasteiger partial charge in [0.15, 0.2) is 0 Å². The Morgan fingerprint density at radius 3 is 2.76 bits per heavy atom. The zero-order valence-electron chi connectivity index (χ0n) is 9.97. The summed E-state index contributed by atoms with van der Waals surface area (Å²) in [4.78, 5) is 11.8. The van der Waals surface area contributed by atoms with E-state index in [2.05, 4.69) is 0 Å². The summed E-state index contributed by atoms with van der Waals surface area (Å²) in [6.07, 6.45) is 3.75. The highest BCUT2D eigenvalue weighted by Crippen LogP contribution is 2.24. The van der Waals surface area contributed by atoms with Crippen LogP contribution in [0.25, 0.3) is 0 Å². The molecule has 17 heavy (non-hydrogen) atoms. The normalized spacial score (nSPS) is 24.3. The maximum Gasteiger partial charge on any atom is 0.309 e. The first-order valence-electron chi connectivity index (χ1n) is 6.22. The van der Waals surface area contributed by atoms with E-state index in [0.717, 1.165) is 31.2 Å². The number of nitrogens with two attached hydrogens (primary N) is 1. The summed E-state index contributed by atoms with van der Waals surface area (Å²) in [7, 11) is 0. The van der Waals surface area contributed by atoms with Crippen LogP contribution in [-0.4, -0.2) is 12.0 Å². The van der Waals surface area contributed by atoms with E-state index in [0.29, 0.717) is 6.61 Å². The average molecular weight is 233 g/mol. The van der Waals surface area contributed by atoms with Crippen molar-refractivity contribution < 1.29 is 9.53 Å². The molecule has 1 aromatic rings. The molecule has 3 nitrogen and oxygen atoms in total. The van der Waals surface area contributed by atoms with E-state index >= 15 is 0 Å². The van der Waals surface area contributed by atoms with Gasteiger partial charge < -0.3 is 10.5 Å². The summed E-state index contributed by atoms with van der Waals surface area (Å²) in [5.41, 5.74) is 6.89. The zero-order valence-corrected chi connectivity index (χ0v) is 9.97. The summed E-state index contributed by atoms with van der Waals surface area (Å²) in [5, 5.41) is 0. The molecule has 92 valence electrons. The van der Waals surface area contributed by atoms with Crippen molar-refractivity contribution >= 4 is 5.97 Å². The quantitative estimate of drug-likeness (QED) is 0.815. The van der Waals surface area contributed by atoms with Crippen molar-refractivity contribution in [1.29, 1.82) is 0 Å². The van der Waals surface area contributed by atoms with Gasteiger partial charge in [0.2, 0.25) is 0 Å². The van der Waals surface area contributed by atoms with Crippen LogP contribution in [0, 0.1) is 5.92 Å². The van der Waals surface area contributed by atoms with Gasteiger partial charge in [-0.15, -0.1) is 0 Å². The molecule has 1 aliphatic carbocycles. The molecule has 0 radical (unpaired) electrons. The third-order valence-electron chi connectivity index (χ3n) is 3.27. The summed E-state index contributed by atoms with van der Waals surface area (Å²) >= 11 is 0. The van der Waals surface area contributed by atoms with E-state index in [1.54, 1.807) is 0 Å². The number of hydrogen-bond acceptors (Lipinski definition) is 3.